The summed E-state index contributed by atoms with van der Waals surface area (Å²) in [6.07, 6.45) is 0. The molecular formula is C10H11NO5. The largest absolute Gasteiger partial charge is 0.507 e. The number of carbonyl (C=O) groups is 1. The number of nitro benzene ring substituents is 1. The second-order valence-corrected chi connectivity index (χ2v) is 3.08. The summed E-state index contributed by atoms with van der Waals surface area (Å²) in [7, 11) is 0. The van der Waals surface area contributed by atoms with Crippen molar-refractivity contribution in [3.63, 3.8) is 0 Å². The summed E-state index contributed by atoms with van der Waals surface area (Å²) in [5.41, 5.74) is -0.277. The van der Waals surface area contributed by atoms with Crippen LogP contribution in [0, 0.1) is 17.0 Å². The van der Waals surface area contributed by atoms with Crippen molar-refractivity contribution in [2.45, 2.75) is 13.8 Å². The summed E-state index contributed by atoms with van der Waals surface area (Å²) in [6, 6.07) is 2.25. The Kier molecular flexibility index (Phi) is 3.44. The van der Waals surface area contributed by atoms with Gasteiger partial charge in [0, 0.05) is 11.6 Å². The second-order valence-electron chi connectivity index (χ2n) is 3.08. The van der Waals surface area contributed by atoms with Crippen LogP contribution in [0.3, 0.4) is 0 Å². The molecule has 0 unspecified atom stereocenters. The monoisotopic (exact) mass is 225 g/mol. The molecule has 16 heavy (non-hydrogen) atoms. The van der Waals surface area contributed by atoms with Crippen molar-refractivity contribution in [3.8, 4) is 5.75 Å². The highest BCUT2D eigenvalue weighted by molar-refractivity contribution is 5.95. The Labute approximate surface area is 91.6 Å². The summed E-state index contributed by atoms with van der Waals surface area (Å²) in [4.78, 5) is 21.5. The van der Waals surface area contributed by atoms with Gasteiger partial charge in [0.25, 0.3) is 5.69 Å². The van der Waals surface area contributed by atoms with Gasteiger partial charge in [-0.15, -0.1) is 0 Å². The molecule has 0 spiro atoms. The first-order valence-corrected chi connectivity index (χ1v) is 4.63. The maximum atomic E-state index is 11.5. The minimum absolute atomic E-state index is 0.100. The number of aromatic hydroxyl groups is 1. The van der Waals surface area contributed by atoms with Crippen LogP contribution in [0.1, 0.15) is 22.8 Å². The third-order valence-corrected chi connectivity index (χ3v) is 2.09. The zero-order chi connectivity index (χ0) is 12.3. The van der Waals surface area contributed by atoms with Crippen LogP contribution in [0.15, 0.2) is 12.1 Å². The molecule has 0 fully saturated rings. The van der Waals surface area contributed by atoms with Crippen LogP contribution in [0.25, 0.3) is 0 Å². The Hall–Kier alpha value is -2.11. The van der Waals surface area contributed by atoms with Crippen LogP contribution in [0.5, 0.6) is 5.75 Å². The molecule has 1 rings (SSSR count). The molecule has 1 N–H and O–H groups in total. The predicted octanol–water partition coefficient (Wildman–Crippen LogP) is 1.79. The van der Waals surface area contributed by atoms with Crippen molar-refractivity contribution in [3.05, 3.63) is 33.4 Å². The average molecular weight is 225 g/mol. The number of esters is 1. The van der Waals surface area contributed by atoms with Crippen LogP contribution in [-0.4, -0.2) is 22.6 Å². The molecule has 0 aromatic heterocycles. The van der Waals surface area contributed by atoms with E-state index in [0.717, 1.165) is 12.1 Å². The third-order valence-electron chi connectivity index (χ3n) is 2.09. The average Bonchev–Trinajstić information content (AvgIpc) is 2.17. The summed E-state index contributed by atoms with van der Waals surface area (Å²) >= 11 is 0. The van der Waals surface area contributed by atoms with E-state index in [1.165, 1.54) is 6.92 Å². The third kappa shape index (κ3) is 2.10. The number of nitrogens with zero attached hydrogens (tertiary/aromatic N) is 1. The molecule has 86 valence electrons. The van der Waals surface area contributed by atoms with Gasteiger partial charge in [-0.25, -0.2) is 4.79 Å². The SMILES string of the molecule is CCOC(=O)c1c(O)ccc([N+](=O)[O-])c1C. The van der Waals surface area contributed by atoms with Gasteiger partial charge in [-0.05, 0) is 19.9 Å². The molecule has 0 bridgehead atoms. The van der Waals surface area contributed by atoms with Crippen molar-refractivity contribution >= 4 is 11.7 Å². The maximum Gasteiger partial charge on any atom is 0.342 e. The first-order chi connectivity index (χ1) is 7.49. The summed E-state index contributed by atoms with van der Waals surface area (Å²) in [5.74, 6) is -1.08. The lowest BCUT2D eigenvalue weighted by atomic mass is 10.1. The van der Waals surface area contributed by atoms with Crippen LogP contribution >= 0.6 is 0 Å². The quantitative estimate of drug-likeness (QED) is 0.481. The number of hydrogen-bond donors (Lipinski definition) is 1. The molecule has 0 atom stereocenters. The molecule has 0 saturated carbocycles. The topological polar surface area (TPSA) is 89.7 Å². The lowest BCUT2D eigenvalue weighted by Crippen LogP contribution is -2.08. The van der Waals surface area contributed by atoms with E-state index < -0.39 is 10.9 Å². The van der Waals surface area contributed by atoms with Gasteiger partial charge >= 0.3 is 5.97 Å². The van der Waals surface area contributed by atoms with Crippen LogP contribution < -0.4 is 0 Å². The van der Waals surface area contributed by atoms with E-state index in [4.69, 9.17) is 4.74 Å². The number of nitro groups is 1. The molecule has 0 aliphatic carbocycles. The Bertz CT molecular complexity index is 441. The van der Waals surface area contributed by atoms with Gasteiger partial charge in [0.2, 0.25) is 0 Å². The van der Waals surface area contributed by atoms with Gasteiger partial charge in [0.15, 0.2) is 0 Å². The van der Waals surface area contributed by atoms with Gasteiger partial charge in [0.05, 0.1) is 11.5 Å². The van der Waals surface area contributed by atoms with Crippen LogP contribution in [0.4, 0.5) is 5.69 Å². The van der Waals surface area contributed by atoms with E-state index in [-0.39, 0.29) is 29.2 Å². The summed E-state index contributed by atoms with van der Waals surface area (Å²) < 4.78 is 4.70. The molecule has 0 aliphatic rings. The zero-order valence-electron chi connectivity index (χ0n) is 8.89. The van der Waals surface area contributed by atoms with E-state index in [9.17, 15) is 20.0 Å². The Morgan fingerprint density at radius 1 is 1.56 bits per heavy atom. The molecular weight excluding hydrogens is 214 g/mol. The highest BCUT2D eigenvalue weighted by Gasteiger charge is 2.22. The molecule has 1 aromatic rings. The molecule has 6 heteroatoms. The van der Waals surface area contributed by atoms with Crippen LogP contribution in [-0.2, 0) is 4.74 Å². The van der Waals surface area contributed by atoms with Gasteiger partial charge in [0.1, 0.15) is 11.3 Å². The fourth-order valence-corrected chi connectivity index (χ4v) is 1.35. The first kappa shape index (κ1) is 12.0. The van der Waals surface area contributed by atoms with E-state index in [2.05, 4.69) is 0 Å². The van der Waals surface area contributed by atoms with E-state index >= 15 is 0 Å². The number of carbonyl (C=O) groups excluding carboxylic acids is 1. The molecule has 6 nitrogen and oxygen atoms in total. The minimum Gasteiger partial charge on any atom is -0.507 e. The minimum atomic E-state index is -0.763. The van der Waals surface area contributed by atoms with Gasteiger partial charge in [-0.3, -0.25) is 10.1 Å². The first-order valence-electron chi connectivity index (χ1n) is 4.63. The van der Waals surface area contributed by atoms with Gasteiger partial charge in [-0.2, -0.15) is 0 Å². The smallest absolute Gasteiger partial charge is 0.342 e. The highest BCUT2D eigenvalue weighted by atomic mass is 16.6. The molecule has 0 aliphatic heterocycles. The zero-order valence-corrected chi connectivity index (χ0v) is 8.89. The number of phenols is 1. The molecule has 0 saturated heterocycles. The second kappa shape index (κ2) is 4.61. The number of phenolic OH excluding ortho intramolecular Hbond substituents is 1. The predicted molar refractivity (Wildman–Crippen MR) is 55.5 cm³/mol. The van der Waals surface area contributed by atoms with E-state index in [1.54, 1.807) is 6.92 Å². The van der Waals surface area contributed by atoms with Gasteiger partial charge in [-0.1, -0.05) is 0 Å². The van der Waals surface area contributed by atoms with Crippen molar-refractivity contribution in [2.24, 2.45) is 0 Å². The lowest BCUT2D eigenvalue weighted by Gasteiger charge is -2.07. The molecule has 1 aromatic carbocycles. The fraction of sp³-hybridized carbons (Fsp3) is 0.300. The van der Waals surface area contributed by atoms with Crippen molar-refractivity contribution in [1.29, 1.82) is 0 Å². The van der Waals surface area contributed by atoms with Crippen molar-refractivity contribution in [2.75, 3.05) is 6.61 Å². The number of ether oxygens (including phenoxy) is 1. The van der Waals surface area contributed by atoms with E-state index in [0.29, 0.717) is 0 Å². The fourth-order valence-electron chi connectivity index (χ4n) is 1.35. The summed E-state index contributed by atoms with van der Waals surface area (Å²) in [5, 5.41) is 20.1. The van der Waals surface area contributed by atoms with Crippen LogP contribution in [0.2, 0.25) is 0 Å². The Morgan fingerprint density at radius 2 is 2.19 bits per heavy atom. The van der Waals surface area contributed by atoms with Gasteiger partial charge < -0.3 is 9.84 Å². The number of rotatable bonds is 3. The van der Waals surface area contributed by atoms with Crippen molar-refractivity contribution < 1.29 is 19.6 Å². The molecule has 0 radical (unpaired) electrons. The molecule has 0 heterocycles. The summed E-state index contributed by atoms with van der Waals surface area (Å²) in [6.45, 7) is 3.14. The normalized spacial score (nSPS) is 9.88. The number of benzene rings is 1. The molecule has 0 amide bonds. The lowest BCUT2D eigenvalue weighted by molar-refractivity contribution is -0.385. The van der Waals surface area contributed by atoms with E-state index in [1.807, 2.05) is 0 Å². The Morgan fingerprint density at radius 3 is 2.69 bits per heavy atom. The highest BCUT2D eigenvalue weighted by Crippen LogP contribution is 2.29. The van der Waals surface area contributed by atoms with Crippen molar-refractivity contribution in [1.82, 2.24) is 0 Å². The number of hydrogen-bond acceptors (Lipinski definition) is 5. The Balaban J connectivity index is 3.31. The maximum absolute atomic E-state index is 11.5. The standard InChI is InChI=1S/C10H11NO5/c1-3-16-10(13)9-6(2)7(11(14)15)4-5-8(9)12/h4-5,12H,3H2,1-2H3.